The summed E-state index contributed by atoms with van der Waals surface area (Å²) in [5, 5.41) is 14.0. The Morgan fingerprint density at radius 1 is 1.53 bits per heavy atom. The number of rotatable bonds is 2. The number of thiophene rings is 1. The highest BCUT2D eigenvalue weighted by molar-refractivity contribution is 7.13. The van der Waals surface area contributed by atoms with Gasteiger partial charge in [-0.2, -0.15) is 0 Å². The van der Waals surface area contributed by atoms with E-state index in [-0.39, 0.29) is 6.04 Å². The summed E-state index contributed by atoms with van der Waals surface area (Å²) in [6, 6.07) is 2.22. The van der Waals surface area contributed by atoms with E-state index in [0.717, 1.165) is 35.4 Å². The molecular weight excluding hydrogens is 236 g/mol. The van der Waals surface area contributed by atoms with Gasteiger partial charge >= 0.3 is 0 Å². The molecule has 1 unspecified atom stereocenters. The first kappa shape index (κ1) is 10.7. The topological polar surface area (TPSA) is 52.0 Å². The third-order valence-corrected chi connectivity index (χ3v) is 3.90. The number of aromatic nitrogens is 3. The molecule has 0 bridgehead atoms. The van der Waals surface area contributed by atoms with Crippen molar-refractivity contribution in [2.45, 2.75) is 19.5 Å². The van der Waals surface area contributed by atoms with Gasteiger partial charge in [-0.3, -0.25) is 0 Å². The van der Waals surface area contributed by atoms with Crippen LogP contribution in [0.3, 0.4) is 0 Å². The molecule has 1 N–H and O–H groups in total. The number of nitrogens with one attached hydrogen (secondary N) is 1. The number of nitrogens with zero attached hydrogens (tertiary/aromatic N) is 3. The number of methoxy groups -OCH3 is 1. The Morgan fingerprint density at radius 2 is 2.41 bits per heavy atom. The van der Waals surface area contributed by atoms with Crippen LogP contribution in [0.1, 0.15) is 18.8 Å². The summed E-state index contributed by atoms with van der Waals surface area (Å²) in [7, 11) is 1.68. The Bertz CT molecular complexity index is 533. The Kier molecular flexibility index (Phi) is 2.60. The molecular formula is C11H14N4OS. The normalized spacial score (nSPS) is 19.1. The SMILES string of the molecule is COc1ccsc1-c1nnc2n1CCNC2C. The second-order valence-electron chi connectivity index (χ2n) is 4.03. The lowest BCUT2D eigenvalue weighted by atomic mass is 10.2. The fraction of sp³-hybridized carbons (Fsp3) is 0.455. The van der Waals surface area contributed by atoms with E-state index in [1.807, 2.05) is 11.4 Å². The van der Waals surface area contributed by atoms with Gasteiger partial charge in [0.1, 0.15) is 16.5 Å². The molecule has 0 fully saturated rings. The van der Waals surface area contributed by atoms with Gasteiger partial charge in [0.2, 0.25) is 0 Å². The first-order chi connectivity index (χ1) is 8.31. The maximum atomic E-state index is 5.34. The lowest BCUT2D eigenvalue weighted by Crippen LogP contribution is -2.32. The zero-order chi connectivity index (χ0) is 11.8. The van der Waals surface area contributed by atoms with Crippen molar-refractivity contribution in [3.05, 3.63) is 17.3 Å². The molecule has 5 nitrogen and oxygen atoms in total. The summed E-state index contributed by atoms with van der Waals surface area (Å²) in [6.45, 7) is 3.96. The average Bonchev–Trinajstić information content (AvgIpc) is 2.94. The molecule has 0 aromatic carbocycles. The van der Waals surface area contributed by atoms with Crippen molar-refractivity contribution in [3.63, 3.8) is 0 Å². The number of hydrogen-bond donors (Lipinski definition) is 1. The van der Waals surface area contributed by atoms with Gasteiger partial charge in [-0.25, -0.2) is 0 Å². The maximum absolute atomic E-state index is 5.34. The first-order valence-corrected chi connectivity index (χ1v) is 6.47. The predicted octanol–water partition coefficient (Wildman–Crippen LogP) is 1.68. The molecule has 90 valence electrons. The van der Waals surface area contributed by atoms with Gasteiger partial charge in [-0.1, -0.05) is 0 Å². The molecule has 1 aliphatic heterocycles. The highest BCUT2D eigenvalue weighted by Gasteiger charge is 2.24. The van der Waals surface area contributed by atoms with E-state index in [1.165, 1.54) is 0 Å². The van der Waals surface area contributed by atoms with E-state index >= 15 is 0 Å². The third kappa shape index (κ3) is 1.64. The largest absolute Gasteiger partial charge is 0.495 e. The molecule has 2 aromatic rings. The smallest absolute Gasteiger partial charge is 0.177 e. The maximum Gasteiger partial charge on any atom is 0.177 e. The molecule has 3 heterocycles. The zero-order valence-electron chi connectivity index (χ0n) is 9.80. The molecule has 3 rings (SSSR count). The molecule has 0 radical (unpaired) electrons. The van der Waals surface area contributed by atoms with Crippen molar-refractivity contribution < 1.29 is 4.74 Å². The van der Waals surface area contributed by atoms with E-state index in [4.69, 9.17) is 4.74 Å². The molecule has 17 heavy (non-hydrogen) atoms. The van der Waals surface area contributed by atoms with E-state index in [9.17, 15) is 0 Å². The number of fused-ring (bicyclic) bond motifs is 1. The summed E-state index contributed by atoms with van der Waals surface area (Å²) in [6.07, 6.45) is 0. The highest BCUT2D eigenvalue weighted by Crippen LogP contribution is 2.35. The van der Waals surface area contributed by atoms with Crippen molar-refractivity contribution in [2.24, 2.45) is 0 Å². The Morgan fingerprint density at radius 3 is 3.24 bits per heavy atom. The van der Waals surface area contributed by atoms with Crippen LogP contribution in [0.15, 0.2) is 11.4 Å². The van der Waals surface area contributed by atoms with Crippen molar-refractivity contribution >= 4 is 11.3 Å². The minimum Gasteiger partial charge on any atom is -0.495 e. The standard InChI is InChI=1S/C11H14N4OS/c1-7-10-13-14-11(15(10)5-4-12-7)9-8(16-2)3-6-17-9/h3,6-7,12H,4-5H2,1-2H3. The van der Waals surface area contributed by atoms with E-state index in [0.29, 0.717) is 0 Å². The number of ether oxygens (including phenoxy) is 1. The molecule has 0 spiro atoms. The van der Waals surface area contributed by atoms with Crippen molar-refractivity contribution in [2.75, 3.05) is 13.7 Å². The monoisotopic (exact) mass is 250 g/mol. The summed E-state index contributed by atoms with van der Waals surface area (Å²) in [5.41, 5.74) is 0. The minimum atomic E-state index is 0.260. The lowest BCUT2D eigenvalue weighted by molar-refractivity contribution is 0.416. The van der Waals surface area contributed by atoms with Crippen LogP contribution in [-0.4, -0.2) is 28.4 Å². The molecule has 0 aliphatic carbocycles. The summed E-state index contributed by atoms with van der Waals surface area (Å²) < 4.78 is 7.52. The third-order valence-electron chi connectivity index (χ3n) is 3.00. The van der Waals surface area contributed by atoms with Crippen LogP contribution < -0.4 is 10.1 Å². The van der Waals surface area contributed by atoms with Crippen LogP contribution in [0.2, 0.25) is 0 Å². The van der Waals surface area contributed by atoms with Crippen LogP contribution in [0, 0.1) is 0 Å². The molecule has 6 heteroatoms. The highest BCUT2D eigenvalue weighted by atomic mass is 32.1. The van der Waals surface area contributed by atoms with Gasteiger partial charge in [0.05, 0.1) is 13.2 Å². The predicted molar refractivity (Wildman–Crippen MR) is 66.3 cm³/mol. The Balaban J connectivity index is 2.10. The number of hydrogen-bond acceptors (Lipinski definition) is 5. The summed E-state index contributed by atoms with van der Waals surface area (Å²) >= 11 is 1.64. The van der Waals surface area contributed by atoms with Crippen molar-refractivity contribution in [1.29, 1.82) is 0 Å². The molecule has 0 saturated heterocycles. The Hall–Kier alpha value is -1.40. The van der Waals surface area contributed by atoms with Crippen LogP contribution in [0.25, 0.3) is 10.7 Å². The molecule has 1 atom stereocenters. The minimum absolute atomic E-state index is 0.260. The van der Waals surface area contributed by atoms with Gasteiger partial charge < -0.3 is 14.6 Å². The average molecular weight is 250 g/mol. The second-order valence-corrected chi connectivity index (χ2v) is 4.94. The van der Waals surface area contributed by atoms with Crippen LogP contribution in [0.4, 0.5) is 0 Å². The van der Waals surface area contributed by atoms with Crippen LogP contribution in [0.5, 0.6) is 5.75 Å². The zero-order valence-corrected chi connectivity index (χ0v) is 10.6. The van der Waals surface area contributed by atoms with E-state index in [2.05, 4.69) is 27.0 Å². The molecule has 1 aliphatic rings. The van der Waals surface area contributed by atoms with E-state index in [1.54, 1.807) is 18.4 Å². The van der Waals surface area contributed by atoms with E-state index < -0.39 is 0 Å². The quantitative estimate of drug-likeness (QED) is 0.881. The fourth-order valence-electron chi connectivity index (χ4n) is 2.13. The van der Waals surface area contributed by atoms with Gasteiger partial charge in [0.15, 0.2) is 5.82 Å². The first-order valence-electron chi connectivity index (χ1n) is 5.59. The van der Waals surface area contributed by atoms with Crippen molar-refractivity contribution in [1.82, 2.24) is 20.1 Å². The van der Waals surface area contributed by atoms with Gasteiger partial charge in [0, 0.05) is 13.1 Å². The molecule has 2 aromatic heterocycles. The Labute approximate surface area is 103 Å². The summed E-state index contributed by atoms with van der Waals surface area (Å²) in [5.74, 6) is 2.79. The van der Waals surface area contributed by atoms with Gasteiger partial charge in [-0.05, 0) is 18.4 Å². The second kappa shape index (κ2) is 4.12. The lowest BCUT2D eigenvalue weighted by Gasteiger charge is -2.21. The van der Waals surface area contributed by atoms with Crippen molar-refractivity contribution in [3.8, 4) is 16.5 Å². The van der Waals surface area contributed by atoms with Gasteiger partial charge in [-0.15, -0.1) is 21.5 Å². The van der Waals surface area contributed by atoms with Crippen LogP contribution in [-0.2, 0) is 6.54 Å². The molecule has 0 saturated carbocycles. The van der Waals surface area contributed by atoms with Crippen LogP contribution >= 0.6 is 11.3 Å². The van der Waals surface area contributed by atoms with Gasteiger partial charge in [0.25, 0.3) is 0 Å². The fourth-order valence-corrected chi connectivity index (χ4v) is 2.98. The summed E-state index contributed by atoms with van der Waals surface area (Å²) in [4.78, 5) is 1.06. The molecule has 0 amide bonds.